The maximum Gasteiger partial charge on any atom is 0.414 e. The van der Waals surface area contributed by atoms with E-state index in [9.17, 15) is 19.7 Å². The molecule has 0 aromatic heterocycles. The zero-order chi connectivity index (χ0) is 21.1. The number of hydrogen-bond acceptors (Lipinski definition) is 6. The molecule has 0 radical (unpaired) electrons. The van der Waals surface area contributed by atoms with Gasteiger partial charge in [-0.25, -0.2) is 4.79 Å². The number of nitrogens with zero attached hydrogens (tertiary/aromatic N) is 3. The summed E-state index contributed by atoms with van der Waals surface area (Å²) in [5.41, 5.74) is 1.85. The first-order valence-electron chi connectivity index (χ1n) is 9.87. The highest BCUT2D eigenvalue weighted by Crippen LogP contribution is 2.32. The molecule has 0 unspecified atom stereocenters. The van der Waals surface area contributed by atoms with E-state index in [-0.39, 0.29) is 22.4 Å². The van der Waals surface area contributed by atoms with E-state index in [1.807, 2.05) is 11.0 Å². The van der Waals surface area contributed by atoms with Gasteiger partial charge in [-0.05, 0) is 31.0 Å². The van der Waals surface area contributed by atoms with E-state index in [0.717, 1.165) is 0 Å². The second-order valence-corrected chi connectivity index (χ2v) is 7.28. The summed E-state index contributed by atoms with van der Waals surface area (Å²) in [6.07, 6.45) is 0.756. The van der Waals surface area contributed by atoms with Gasteiger partial charge in [0.05, 0.1) is 22.8 Å². The topological polar surface area (TPSA) is 105 Å². The molecule has 2 aromatic rings. The van der Waals surface area contributed by atoms with Gasteiger partial charge in [-0.15, -0.1) is 0 Å². The molecule has 4 rings (SSSR count). The number of nitrogens with one attached hydrogen (secondary N) is 1. The molecule has 9 nitrogen and oxygen atoms in total. The molecule has 2 aliphatic heterocycles. The fourth-order valence-corrected chi connectivity index (χ4v) is 3.93. The third kappa shape index (κ3) is 3.91. The van der Waals surface area contributed by atoms with Crippen molar-refractivity contribution in [2.24, 2.45) is 5.92 Å². The molecule has 0 spiro atoms. The Morgan fingerprint density at radius 3 is 2.37 bits per heavy atom. The quantitative estimate of drug-likeness (QED) is 0.598. The summed E-state index contributed by atoms with van der Waals surface area (Å²) in [5.74, 6) is -0.320. The normalized spacial score (nSPS) is 17.0. The van der Waals surface area contributed by atoms with Crippen LogP contribution in [0.4, 0.5) is 27.5 Å². The first-order valence-corrected chi connectivity index (χ1v) is 9.87. The van der Waals surface area contributed by atoms with Crippen molar-refractivity contribution in [2.45, 2.75) is 12.8 Å². The highest BCUT2D eigenvalue weighted by molar-refractivity contribution is 6.00. The molecule has 2 aromatic carbocycles. The summed E-state index contributed by atoms with van der Waals surface area (Å²) in [4.78, 5) is 39.1. The lowest BCUT2D eigenvalue weighted by molar-refractivity contribution is -0.384. The summed E-state index contributed by atoms with van der Waals surface area (Å²) < 4.78 is 5.00. The predicted molar refractivity (Wildman–Crippen MR) is 112 cm³/mol. The molecule has 2 heterocycles. The smallest absolute Gasteiger partial charge is 0.414 e. The molecule has 156 valence electrons. The fourth-order valence-electron chi connectivity index (χ4n) is 3.93. The Balaban J connectivity index is 1.42. The van der Waals surface area contributed by atoms with E-state index in [2.05, 4.69) is 5.32 Å². The monoisotopic (exact) mass is 410 g/mol. The maximum absolute atomic E-state index is 12.9. The minimum Gasteiger partial charge on any atom is -0.447 e. The largest absolute Gasteiger partial charge is 0.447 e. The maximum atomic E-state index is 12.9. The standard InChI is InChI=1S/C21H22N4O5/c26-20(22-16-5-1-2-6-17(16)24-13-14-30-21(24)27)15-9-11-23(12-10-15)18-7-3-4-8-19(18)25(28)29/h1-8,15H,9-14H2,(H,22,26). The van der Waals surface area contributed by atoms with Crippen LogP contribution in [-0.4, -0.2) is 43.2 Å². The number of nitro groups is 1. The number of nitro benzene ring substituents is 1. The fraction of sp³-hybridized carbons (Fsp3) is 0.333. The molecule has 1 N–H and O–H groups in total. The van der Waals surface area contributed by atoms with Crippen LogP contribution in [0.3, 0.4) is 0 Å². The van der Waals surface area contributed by atoms with Gasteiger partial charge < -0.3 is 15.0 Å². The van der Waals surface area contributed by atoms with Crippen molar-refractivity contribution in [3.05, 3.63) is 58.6 Å². The van der Waals surface area contributed by atoms with Crippen LogP contribution in [-0.2, 0) is 9.53 Å². The van der Waals surface area contributed by atoms with Crippen molar-refractivity contribution in [1.29, 1.82) is 0 Å². The highest BCUT2D eigenvalue weighted by Gasteiger charge is 2.30. The minimum atomic E-state index is -0.422. The van der Waals surface area contributed by atoms with Crippen LogP contribution in [0.2, 0.25) is 0 Å². The molecule has 0 aliphatic carbocycles. The van der Waals surface area contributed by atoms with E-state index < -0.39 is 6.09 Å². The molecule has 2 aliphatic rings. The summed E-state index contributed by atoms with van der Waals surface area (Å²) in [7, 11) is 0. The van der Waals surface area contributed by atoms with Crippen molar-refractivity contribution in [1.82, 2.24) is 0 Å². The number of piperidine rings is 1. The number of para-hydroxylation sites is 4. The molecule has 30 heavy (non-hydrogen) atoms. The lowest BCUT2D eigenvalue weighted by Gasteiger charge is -2.32. The van der Waals surface area contributed by atoms with E-state index in [1.54, 1.807) is 36.4 Å². The van der Waals surface area contributed by atoms with Gasteiger partial charge in [-0.2, -0.15) is 0 Å². The minimum absolute atomic E-state index is 0.0758. The van der Waals surface area contributed by atoms with Gasteiger partial charge >= 0.3 is 6.09 Å². The Bertz CT molecular complexity index is 971. The first kappa shape index (κ1) is 19.7. The Kier molecular flexibility index (Phi) is 5.51. The van der Waals surface area contributed by atoms with Crippen molar-refractivity contribution in [2.75, 3.05) is 41.4 Å². The van der Waals surface area contributed by atoms with Crippen LogP contribution in [0.1, 0.15) is 12.8 Å². The van der Waals surface area contributed by atoms with Gasteiger partial charge in [0.15, 0.2) is 0 Å². The molecule has 2 saturated heterocycles. The lowest BCUT2D eigenvalue weighted by atomic mass is 9.95. The number of benzene rings is 2. The summed E-state index contributed by atoms with van der Waals surface area (Å²) in [6.45, 7) is 1.89. The van der Waals surface area contributed by atoms with Gasteiger partial charge in [0, 0.05) is 25.1 Å². The van der Waals surface area contributed by atoms with E-state index >= 15 is 0 Å². The number of rotatable bonds is 5. The third-order valence-corrected chi connectivity index (χ3v) is 5.50. The predicted octanol–water partition coefficient (Wildman–Crippen LogP) is 3.41. The van der Waals surface area contributed by atoms with Gasteiger partial charge in [0.25, 0.3) is 5.69 Å². The Labute approximate surface area is 173 Å². The Morgan fingerprint density at radius 2 is 1.70 bits per heavy atom. The van der Waals surface area contributed by atoms with Crippen molar-refractivity contribution >= 4 is 34.7 Å². The van der Waals surface area contributed by atoms with Crippen LogP contribution in [0.25, 0.3) is 0 Å². The molecular formula is C21H22N4O5. The number of carbonyl (C=O) groups is 2. The number of carbonyl (C=O) groups excluding carboxylic acids is 2. The highest BCUT2D eigenvalue weighted by atomic mass is 16.6. The van der Waals surface area contributed by atoms with Gasteiger partial charge in [-0.1, -0.05) is 24.3 Å². The van der Waals surface area contributed by atoms with Gasteiger partial charge in [0.1, 0.15) is 12.3 Å². The zero-order valence-electron chi connectivity index (χ0n) is 16.3. The summed E-state index contributed by atoms with van der Waals surface area (Å²) in [5, 5.41) is 14.2. The molecule has 0 bridgehead atoms. The van der Waals surface area contributed by atoms with E-state index in [0.29, 0.717) is 56.1 Å². The molecule has 9 heteroatoms. The van der Waals surface area contributed by atoms with Gasteiger partial charge in [-0.3, -0.25) is 19.8 Å². The Hall–Kier alpha value is -3.62. The summed E-state index contributed by atoms with van der Waals surface area (Å²) in [6, 6.07) is 13.8. The van der Waals surface area contributed by atoms with Crippen LogP contribution >= 0.6 is 0 Å². The van der Waals surface area contributed by atoms with Crippen molar-refractivity contribution in [3.8, 4) is 0 Å². The molecular weight excluding hydrogens is 388 g/mol. The molecule has 2 fully saturated rings. The van der Waals surface area contributed by atoms with Crippen LogP contribution in [0, 0.1) is 16.0 Å². The van der Waals surface area contributed by atoms with E-state index in [4.69, 9.17) is 4.74 Å². The van der Waals surface area contributed by atoms with Crippen LogP contribution < -0.4 is 15.1 Å². The van der Waals surface area contributed by atoms with E-state index in [1.165, 1.54) is 11.0 Å². The zero-order valence-corrected chi connectivity index (χ0v) is 16.3. The van der Waals surface area contributed by atoms with Crippen molar-refractivity contribution < 1.29 is 19.2 Å². The number of anilines is 3. The molecule has 0 atom stereocenters. The average molecular weight is 410 g/mol. The lowest BCUT2D eigenvalue weighted by Crippen LogP contribution is -2.38. The van der Waals surface area contributed by atoms with Crippen LogP contribution in [0.5, 0.6) is 0 Å². The molecule has 2 amide bonds. The second kappa shape index (κ2) is 8.40. The third-order valence-electron chi connectivity index (χ3n) is 5.50. The number of ether oxygens (including phenoxy) is 1. The molecule has 0 saturated carbocycles. The number of hydrogen-bond donors (Lipinski definition) is 1. The average Bonchev–Trinajstić information content (AvgIpc) is 3.20. The second-order valence-electron chi connectivity index (χ2n) is 7.28. The Morgan fingerprint density at radius 1 is 1.03 bits per heavy atom. The van der Waals surface area contributed by atoms with Gasteiger partial charge in [0.2, 0.25) is 5.91 Å². The van der Waals surface area contributed by atoms with Crippen molar-refractivity contribution in [3.63, 3.8) is 0 Å². The van der Waals surface area contributed by atoms with Crippen LogP contribution in [0.15, 0.2) is 48.5 Å². The number of cyclic esters (lactones) is 1. The summed E-state index contributed by atoms with van der Waals surface area (Å²) >= 11 is 0. The first-order chi connectivity index (χ1) is 14.5. The SMILES string of the molecule is O=C(Nc1ccccc1N1CCOC1=O)C1CCN(c2ccccc2[N+](=O)[O-])CC1. The number of amides is 2.